The number of fused-ring (bicyclic) bond motifs is 1. The number of amides is 1. The van der Waals surface area contributed by atoms with Crippen molar-refractivity contribution in [3.05, 3.63) is 47.7 Å². The molecule has 1 aromatic heterocycles. The summed E-state index contributed by atoms with van der Waals surface area (Å²) in [6.45, 7) is 2.25. The molecule has 0 aliphatic heterocycles. The summed E-state index contributed by atoms with van der Waals surface area (Å²) in [4.78, 5) is 15.5. The first kappa shape index (κ1) is 19.1. The van der Waals surface area contributed by atoms with Crippen molar-refractivity contribution >= 4 is 23.0 Å². The monoisotopic (exact) mass is 383 g/mol. The number of nitrogens with zero attached hydrogens (tertiary/aromatic N) is 1. The molecule has 3 rings (SSSR count). The zero-order valence-corrected chi connectivity index (χ0v) is 15.8. The van der Waals surface area contributed by atoms with Crippen LogP contribution in [0.3, 0.4) is 0 Å². The van der Waals surface area contributed by atoms with Crippen molar-refractivity contribution in [2.45, 2.75) is 6.92 Å². The number of carbonyl (C=O) groups excluding carboxylic acids is 1. The molecule has 1 heterocycles. The number of phenolic OH excluding ortho intramolecular Hbond substituents is 1. The molecule has 8 nitrogen and oxygen atoms in total. The Morgan fingerprint density at radius 1 is 1.14 bits per heavy atom. The van der Waals surface area contributed by atoms with E-state index in [1.807, 2.05) is 6.92 Å². The second-order valence-electron chi connectivity index (χ2n) is 5.80. The largest absolute Gasteiger partial charge is 0.504 e. The van der Waals surface area contributed by atoms with Gasteiger partial charge in [0.15, 0.2) is 11.5 Å². The Morgan fingerprint density at radius 3 is 2.61 bits per heavy atom. The molecule has 0 atom stereocenters. The fourth-order valence-corrected chi connectivity index (χ4v) is 2.75. The summed E-state index contributed by atoms with van der Waals surface area (Å²) in [5.74, 6) is 1.21. The molecule has 0 aliphatic rings. The normalized spacial score (nSPS) is 11.0. The van der Waals surface area contributed by atoms with Crippen LogP contribution in [0.1, 0.15) is 23.0 Å². The van der Waals surface area contributed by atoms with Crippen LogP contribution in [0.4, 0.5) is 0 Å². The van der Waals surface area contributed by atoms with E-state index in [0.29, 0.717) is 40.6 Å². The number of hydrogen-bond acceptors (Lipinski definition) is 6. The zero-order valence-electron chi connectivity index (χ0n) is 15.8. The number of hydrogen-bond donors (Lipinski definition) is 3. The lowest BCUT2D eigenvalue weighted by molar-refractivity contribution is 0.0951. The Morgan fingerprint density at radius 2 is 1.89 bits per heavy atom. The highest BCUT2D eigenvalue weighted by molar-refractivity contribution is 6.01. The minimum Gasteiger partial charge on any atom is -0.504 e. The Labute approximate surface area is 161 Å². The molecule has 0 spiro atoms. The number of H-pyrrole nitrogens is 1. The van der Waals surface area contributed by atoms with Gasteiger partial charge in [0.1, 0.15) is 17.2 Å². The van der Waals surface area contributed by atoms with Crippen LogP contribution in [0.25, 0.3) is 10.9 Å². The maximum Gasteiger partial charge on any atom is 0.287 e. The van der Waals surface area contributed by atoms with Crippen molar-refractivity contribution < 1.29 is 24.1 Å². The first-order valence-electron chi connectivity index (χ1n) is 8.60. The second kappa shape index (κ2) is 8.34. The van der Waals surface area contributed by atoms with E-state index >= 15 is 0 Å². The van der Waals surface area contributed by atoms with Gasteiger partial charge in [-0.25, -0.2) is 5.43 Å². The van der Waals surface area contributed by atoms with Gasteiger partial charge >= 0.3 is 0 Å². The molecule has 3 N–H and O–H groups in total. The van der Waals surface area contributed by atoms with Crippen molar-refractivity contribution in [2.75, 3.05) is 20.8 Å². The molecule has 8 heteroatoms. The van der Waals surface area contributed by atoms with Gasteiger partial charge < -0.3 is 24.3 Å². The highest BCUT2D eigenvalue weighted by Gasteiger charge is 2.15. The molecule has 0 saturated heterocycles. The van der Waals surface area contributed by atoms with Gasteiger partial charge in [-0.2, -0.15) is 5.10 Å². The Hall–Kier alpha value is -3.68. The van der Waals surface area contributed by atoms with Crippen LogP contribution in [-0.4, -0.2) is 43.0 Å². The van der Waals surface area contributed by atoms with Crippen LogP contribution in [0.5, 0.6) is 23.0 Å². The lowest BCUT2D eigenvalue weighted by Gasteiger charge is -2.05. The number of methoxy groups -OCH3 is 2. The van der Waals surface area contributed by atoms with E-state index in [-0.39, 0.29) is 5.75 Å². The van der Waals surface area contributed by atoms with Crippen LogP contribution >= 0.6 is 0 Å². The highest BCUT2D eigenvalue weighted by atomic mass is 16.5. The number of nitrogens with one attached hydrogen (secondary N) is 2. The average Bonchev–Trinajstić information content (AvgIpc) is 3.15. The third-order valence-corrected chi connectivity index (χ3v) is 4.06. The summed E-state index contributed by atoms with van der Waals surface area (Å²) in [5.41, 5.74) is 4.11. The molecule has 0 fully saturated rings. The van der Waals surface area contributed by atoms with E-state index in [9.17, 15) is 9.90 Å². The van der Waals surface area contributed by atoms with E-state index in [4.69, 9.17) is 14.2 Å². The topological polar surface area (TPSA) is 105 Å². The first-order chi connectivity index (χ1) is 13.6. The van der Waals surface area contributed by atoms with E-state index in [2.05, 4.69) is 15.5 Å². The van der Waals surface area contributed by atoms with E-state index in [1.54, 1.807) is 44.6 Å². The number of phenols is 1. The average molecular weight is 383 g/mol. The Kier molecular flexibility index (Phi) is 5.69. The van der Waals surface area contributed by atoms with Gasteiger partial charge in [0.25, 0.3) is 5.91 Å². The quantitative estimate of drug-likeness (QED) is 0.430. The number of ether oxygens (including phenoxy) is 3. The molecule has 28 heavy (non-hydrogen) atoms. The number of aromatic nitrogens is 1. The van der Waals surface area contributed by atoms with Crippen molar-refractivity contribution in [1.29, 1.82) is 0 Å². The van der Waals surface area contributed by atoms with Crippen molar-refractivity contribution in [1.82, 2.24) is 10.4 Å². The maximum atomic E-state index is 12.4. The summed E-state index contributed by atoms with van der Waals surface area (Å²) in [6, 6.07) is 10.0. The third-order valence-electron chi connectivity index (χ3n) is 4.06. The van der Waals surface area contributed by atoms with Crippen LogP contribution in [0.15, 0.2) is 41.5 Å². The van der Waals surface area contributed by atoms with E-state index < -0.39 is 5.91 Å². The summed E-state index contributed by atoms with van der Waals surface area (Å²) < 4.78 is 16.0. The molecule has 0 aliphatic carbocycles. The maximum absolute atomic E-state index is 12.4. The molecule has 0 saturated carbocycles. The van der Waals surface area contributed by atoms with Crippen molar-refractivity contribution in [3.8, 4) is 23.0 Å². The smallest absolute Gasteiger partial charge is 0.287 e. The molecule has 0 radical (unpaired) electrons. The SMILES string of the molecule is CCOc1cc(/C=N/NC(=O)c2cc3c(OC)ccc(OC)c3[nH]2)ccc1O. The summed E-state index contributed by atoms with van der Waals surface area (Å²) in [6.07, 6.45) is 1.46. The Balaban J connectivity index is 1.78. The predicted molar refractivity (Wildman–Crippen MR) is 106 cm³/mol. The van der Waals surface area contributed by atoms with Gasteiger partial charge in [-0.3, -0.25) is 4.79 Å². The molecule has 2 aromatic carbocycles. The van der Waals surface area contributed by atoms with Crippen LogP contribution in [0.2, 0.25) is 0 Å². The van der Waals surface area contributed by atoms with E-state index in [1.165, 1.54) is 12.3 Å². The number of aromatic hydroxyl groups is 1. The number of carbonyl (C=O) groups is 1. The van der Waals surface area contributed by atoms with Gasteiger partial charge in [0, 0.05) is 5.39 Å². The van der Waals surface area contributed by atoms with Gasteiger partial charge in [0.05, 0.1) is 32.6 Å². The molecule has 1 amide bonds. The zero-order chi connectivity index (χ0) is 20.1. The molecular formula is C20H21N3O5. The van der Waals surface area contributed by atoms with E-state index in [0.717, 1.165) is 5.39 Å². The summed E-state index contributed by atoms with van der Waals surface area (Å²) >= 11 is 0. The van der Waals surface area contributed by atoms with Crippen molar-refractivity contribution in [3.63, 3.8) is 0 Å². The minimum atomic E-state index is -0.416. The van der Waals surface area contributed by atoms with Gasteiger partial charge in [-0.1, -0.05) is 0 Å². The standard InChI is InChI=1S/C20H21N3O5/c1-4-28-18-9-12(5-6-15(18)24)11-21-23-20(25)14-10-13-16(26-2)7-8-17(27-3)19(13)22-14/h5-11,22,24H,4H2,1-3H3,(H,23,25)/b21-11+. The second-order valence-corrected chi connectivity index (χ2v) is 5.80. The summed E-state index contributed by atoms with van der Waals surface area (Å²) in [7, 11) is 3.12. The highest BCUT2D eigenvalue weighted by Crippen LogP contribution is 2.33. The van der Waals surface area contributed by atoms with Crippen LogP contribution in [-0.2, 0) is 0 Å². The lowest BCUT2D eigenvalue weighted by atomic mass is 10.2. The molecule has 0 bridgehead atoms. The lowest BCUT2D eigenvalue weighted by Crippen LogP contribution is -2.17. The molecule has 0 unspecified atom stereocenters. The first-order valence-corrected chi connectivity index (χ1v) is 8.60. The van der Waals surface area contributed by atoms with Gasteiger partial charge in [0.2, 0.25) is 0 Å². The van der Waals surface area contributed by atoms with Crippen LogP contribution in [0, 0.1) is 0 Å². The number of hydrazone groups is 1. The molecule has 3 aromatic rings. The number of aromatic amines is 1. The van der Waals surface area contributed by atoms with Crippen LogP contribution < -0.4 is 19.6 Å². The summed E-state index contributed by atoms with van der Waals surface area (Å²) in [5, 5.41) is 14.4. The fraction of sp³-hybridized carbons (Fsp3) is 0.200. The van der Waals surface area contributed by atoms with Gasteiger partial charge in [-0.15, -0.1) is 0 Å². The third kappa shape index (κ3) is 3.85. The predicted octanol–water partition coefficient (Wildman–Crippen LogP) is 3.05. The molecule has 146 valence electrons. The van der Waals surface area contributed by atoms with Gasteiger partial charge in [-0.05, 0) is 48.9 Å². The molecular weight excluding hydrogens is 362 g/mol. The van der Waals surface area contributed by atoms with Crippen molar-refractivity contribution in [2.24, 2.45) is 5.10 Å². The fourth-order valence-electron chi connectivity index (χ4n) is 2.75. The number of benzene rings is 2. The Bertz CT molecular complexity index is 985. The minimum absolute atomic E-state index is 0.0454. The number of rotatable bonds is 7.